The summed E-state index contributed by atoms with van der Waals surface area (Å²) in [6.07, 6.45) is 1.73. The summed E-state index contributed by atoms with van der Waals surface area (Å²) in [6, 6.07) is 9.21. The van der Waals surface area contributed by atoms with Crippen LogP contribution in [0, 0.1) is 20.8 Å². The second-order valence-corrected chi connectivity index (χ2v) is 6.35. The van der Waals surface area contributed by atoms with Crippen molar-refractivity contribution in [3.63, 3.8) is 0 Å². The van der Waals surface area contributed by atoms with Crippen LogP contribution in [-0.4, -0.2) is 36.8 Å². The van der Waals surface area contributed by atoms with Crippen LogP contribution in [0.25, 0.3) is 28.2 Å². The zero-order chi connectivity index (χ0) is 19.1. The van der Waals surface area contributed by atoms with Crippen molar-refractivity contribution < 1.29 is 9.84 Å². The number of rotatable bonds is 3. The van der Waals surface area contributed by atoms with Gasteiger partial charge in [0.05, 0.1) is 24.2 Å². The van der Waals surface area contributed by atoms with Crippen LogP contribution in [0.4, 0.5) is 0 Å². The molecule has 3 heterocycles. The molecule has 0 aliphatic heterocycles. The Morgan fingerprint density at radius 3 is 2.44 bits per heavy atom. The van der Waals surface area contributed by atoms with E-state index in [0.717, 1.165) is 33.8 Å². The normalized spacial score (nSPS) is 11.1. The van der Waals surface area contributed by atoms with Crippen LogP contribution in [0.5, 0.6) is 11.6 Å². The number of ether oxygens (including phenoxy) is 1. The summed E-state index contributed by atoms with van der Waals surface area (Å²) in [5.74, 6) is 1.49. The van der Waals surface area contributed by atoms with Crippen molar-refractivity contribution in [3.05, 3.63) is 53.6 Å². The monoisotopic (exact) mass is 361 g/mol. The molecule has 0 aliphatic rings. The second-order valence-electron chi connectivity index (χ2n) is 6.35. The predicted octanol–water partition coefficient (Wildman–Crippen LogP) is 3.49. The van der Waals surface area contributed by atoms with Gasteiger partial charge in [0.1, 0.15) is 11.6 Å². The van der Waals surface area contributed by atoms with Crippen molar-refractivity contribution in [1.29, 1.82) is 0 Å². The Bertz CT molecular complexity index is 1150. The largest absolute Gasteiger partial charge is 0.497 e. The topological polar surface area (TPSA) is 85.4 Å². The molecule has 0 unspecified atom stereocenters. The number of hydrogen-bond donors (Lipinski definition) is 1. The fourth-order valence-electron chi connectivity index (χ4n) is 3.10. The number of fused-ring (bicyclic) bond motifs is 1. The fourth-order valence-corrected chi connectivity index (χ4v) is 3.10. The summed E-state index contributed by atoms with van der Waals surface area (Å²) in [6.45, 7) is 5.68. The Labute approximate surface area is 156 Å². The van der Waals surface area contributed by atoms with Gasteiger partial charge in [-0.05, 0) is 45.0 Å². The lowest BCUT2D eigenvalue weighted by molar-refractivity contribution is 0.415. The Balaban J connectivity index is 1.88. The van der Waals surface area contributed by atoms with Crippen LogP contribution in [0.3, 0.4) is 0 Å². The van der Waals surface area contributed by atoms with E-state index in [1.165, 1.54) is 4.52 Å². The van der Waals surface area contributed by atoms with Crippen LogP contribution in [0.2, 0.25) is 0 Å². The molecule has 0 saturated carbocycles. The van der Waals surface area contributed by atoms with Crippen molar-refractivity contribution in [2.75, 3.05) is 7.11 Å². The third-order valence-corrected chi connectivity index (χ3v) is 4.54. The van der Waals surface area contributed by atoms with Gasteiger partial charge in [0.2, 0.25) is 5.88 Å². The summed E-state index contributed by atoms with van der Waals surface area (Å²) in [5.41, 5.74) is 5.36. The molecule has 1 N–H and O–H groups in total. The van der Waals surface area contributed by atoms with Crippen LogP contribution < -0.4 is 4.74 Å². The quantitative estimate of drug-likeness (QED) is 0.601. The van der Waals surface area contributed by atoms with Gasteiger partial charge in [-0.25, -0.2) is 15.0 Å². The first-order valence-electron chi connectivity index (χ1n) is 8.52. The minimum Gasteiger partial charge on any atom is -0.497 e. The van der Waals surface area contributed by atoms with Crippen LogP contribution >= 0.6 is 0 Å². The molecule has 0 saturated heterocycles. The van der Waals surface area contributed by atoms with Gasteiger partial charge in [-0.3, -0.25) is 0 Å². The van der Waals surface area contributed by atoms with E-state index in [-0.39, 0.29) is 5.88 Å². The SMILES string of the molecule is COc1ccc(-c2nn3c(O)cc(-c4cnc(C)nc4C)nc3c2C)cc1. The number of aryl methyl sites for hydroxylation is 3. The molecule has 1 aromatic carbocycles. The lowest BCUT2D eigenvalue weighted by atomic mass is 10.1. The molecular formula is C20H19N5O2. The highest BCUT2D eigenvalue weighted by Gasteiger charge is 2.17. The molecule has 0 bridgehead atoms. The molecule has 0 fully saturated rings. The Morgan fingerprint density at radius 1 is 1.04 bits per heavy atom. The summed E-state index contributed by atoms with van der Waals surface area (Å²) >= 11 is 0. The first-order chi connectivity index (χ1) is 13.0. The van der Waals surface area contributed by atoms with Crippen LogP contribution in [0.15, 0.2) is 36.5 Å². The number of benzene rings is 1. The van der Waals surface area contributed by atoms with Crippen LogP contribution in [-0.2, 0) is 0 Å². The van der Waals surface area contributed by atoms with Crippen molar-refractivity contribution >= 4 is 5.65 Å². The van der Waals surface area contributed by atoms with Gasteiger partial charge in [0.15, 0.2) is 5.65 Å². The number of hydrogen-bond acceptors (Lipinski definition) is 6. The zero-order valence-corrected chi connectivity index (χ0v) is 15.6. The third kappa shape index (κ3) is 2.87. The highest BCUT2D eigenvalue weighted by atomic mass is 16.5. The number of aromatic nitrogens is 5. The third-order valence-electron chi connectivity index (χ3n) is 4.54. The van der Waals surface area contributed by atoms with Gasteiger partial charge in [-0.15, -0.1) is 0 Å². The average molecular weight is 361 g/mol. The van der Waals surface area contributed by atoms with Gasteiger partial charge in [-0.2, -0.15) is 9.61 Å². The molecule has 0 atom stereocenters. The summed E-state index contributed by atoms with van der Waals surface area (Å²) in [5, 5.41) is 15.1. The Morgan fingerprint density at radius 2 is 1.78 bits per heavy atom. The first-order valence-corrected chi connectivity index (χ1v) is 8.52. The molecule has 7 nitrogen and oxygen atoms in total. The van der Waals surface area contributed by atoms with E-state index in [1.807, 2.05) is 45.0 Å². The first kappa shape index (κ1) is 17.0. The second kappa shape index (κ2) is 6.35. The summed E-state index contributed by atoms with van der Waals surface area (Å²) in [4.78, 5) is 13.3. The van der Waals surface area contributed by atoms with E-state index in [2.05, 4.69) is 15.1 Å². The molecule has 0 amide bonds. The maximum Gasteiger partial charge on any atom is 0.216 e. The van der Waals surface area contributed by atoms with E-state index in [9.17, 15) is 5.11 Å². The highest BCUT2D eigenvalue weighted by Crippen LogP contribution is 2.31. The lowest BCUT2D eigenvalue weighted by Crippen LogP contribution is -1.98. The van der Waals surface area contributed by atoms with E-state index in [4.69, 9.17) is 9.72 Å². The van der Waals surface area contributed by atoms with E-state index in [0.29, 0.717) is 17.2 Å². The maximum absolute atomic E-state index is 10.5. The Hall–Kier alpha value is -3.48. The smallest absolute Gasteiger partial charge is 0.216 e. The number of aromatic hydroxyl groups is 1. The number of nitrogens with zero attached hydrogens (tertiary/aromatic N) is 5. The van der Waals surface area contributed by atoms with Crippen molar-refractivity contribution in [1.82, 2.24) is 24.6 Å². The Kier molecular flexibility index (Phi) is 3.99. The van der Waals surface area contributed by atoms with Crippen molar-refractivity contribution in [2.45, 2.75) is 20.8 Å². The van der Waals surface area contributed by atoms with Crippen LogP contribution in [0.1, 0.15) is 17.1 Å². The standard InChI is InChI=1S/C20H19N5O2/c1-11-19(14-5-7-15(27-4)8-6-14)24-25-18(26)9-17(23-20(11)25)16-10-21-13(3)22-12(16)2/h5-10,26H,1-4H3. The molecule has 136 valence electrons. The zero-order valence-electron chi connectivity index (χ0n) is 15.6. The molecule has 7 heteroatoms. The van der Waals surface area contributed by atoms with E-state index in [1.54, 1.807) is 19.4 Å². The number of methoxy groups -OCH3 is 1. The van der Waals surface area contributed by atoms with Gasteiger partial charge in [-0.1, -0.05) is 0 Å². The molecule has 0 spiro atoms. The predicted molar refractivity (Wildman–Crippen MR) is 102 cm³/mol. The maximum atomic E-state index is 10.5. The average Bonchev–Trinajstić information content (AvgIpc) is 2.99. The fraction of sp³-hybridized carbons (Fsp3) is 0.200. The van der Waals surface area contributed by atoms with Gasteiger partial charge in [0.25, 0.3) is 0 Å². The lowest BCUT2D eigenvalue weighted by Gasteiger charge is -2.06. The van der Waals surface area contributed by atoms with E-state index >= 15 is 0 Å². The van der Waals surface area contributed by atoms with Crippen molar-refractivity contribution in [2.24, 2.45) is 0 Å². The molecule has 27 heavy (non-hydrogen) atoms. The molecule has 4 aromatic rings. The van der Waals surface area contributed by atoms with Gasteiger partial charge >= 0.3 is 0 Å². The molecule has 3 aromatic heterocycles. The molecule has 4 rings (SSSR count). The molecule has 0 radical (unpaired) electrons. The molecular weight excluding hydrogens is 342 g/mol. The minimum atomic E-state index is 0.0119. The minimum absolute atomic E-state index is 0.0119. The van der Waals surface area contributed by atoms with Gasteiger partial charge in [0, 0.05) is 29.0 Å². The molecule has 0 aliphatic carbocycles. The van der Waals surface area contributed by atoms with Crippen molar-refractivity contribution in [3.8, 4) is 34.1 Å². The summed E-state index contributed by atoms with van der Waals surface area (Å²) in [7, 11) is 1.63. The van der Waals surface area contributed by atoms with Gasteiger partial charge < -0.3 is 9.84 Å². The van der Waals surface area contributed by atoms with E-state index < -0.39 is 0 Å². The highest BCUT2D eigenvalue weighted by molar-refractivity contribution is 5.73. The summed E-state index contributed by atoms with van der Waals surface area (Å²) < 4.78 is 6.66.